The Kier molecular flexibility index (Phi) is 6.19. The quantitative estimate of drug-likeness (QED) is 0.777. The molecule has 1 rings (SSSR count). The molecule has 0 aliphatic carbocycles. The Balaban J connectivity index is 3.09. The van der Waals surface area contributed by atoms with Gasteiger partial charge in [0.05, 0.1) is 11.1 Å². The molecule has 19 heavy (non-hydrogen) atoms. The van der Waals surface area contributed by atoms with E-state index in [2.05, 4.69) is 6.92 Å². The van der Waals surface area contributed by atoms with Gasteiger partial charge in [-0.1, -0.05) is 36.5 Å². The molecule has 0 fully saturated rings. The molecular weight excluding hydrogens is 287 g/mol. The van der Waals surface area contributed by atoms with Crippen LogP contribution in [-0.2, 0) is 4.79 Å². The van der Waals surface area contributed by atoms with Crippen LogP contribution in [-0.4, -0.2) is 17.2 Å². The fourth-order valence-electron chi connectivity index (χ4n) is 1.66. The van der Waals surface area contributed by atoms with Gasteiger partial charge in [0.2, 0.25) is 0 Å². The van der Waals surface area contributed by atoms with Gasteiger partial charge in [-0.2, -0.15) is 0 Å². The van der Waals surface area contributed by atoms with Crippen LogP contribution >= 0.6 is 23.2 Å². The Bertz CT molecular complexity index is 484. The van der Waals surface area contributed by atoms with Crippen LogP contribution < -0.4 is 4.74 Å². The highest BCUT2D eigenvalue weighted by atomic mass is 35.5. The fourth-order valence-corrected chi connectivity index (χ4v) is 2.21. The number of carboxylic acids is 1. The van der Waals surface area contributed by atoms with Crippen molar-refractivity contribution in [3.05, 3.63) is 33.8 Å². The predicted molar refractivity (Wildman–Crippen MR) is 78.1 cm³/mol. The van der Waals surface area contributed by atoms with Crippen molar-refractivity contribution in [1.29, 1.82) is 0 Å². The highest BCUT2D eigenvalue weighted by Crippen LogP contribution is 2.34. The van der Waals surface area contributed by atoms with Gasteiger partial charge in [-0.3, -0.25) is 0 Å². The van der Waals surface area contributed by atoms with Crippen molar-refractivity contribution < 1.29 is 14.6 Å². The second kappa shape index (κ2) is 7.41. The van der Waals surface area contributed by atoms with Crippen molar-refractivity contribution in [2.75, 3.05) is 0 Å². The van der Waals surface area contributed by atoms with Gasteiger partial charge < -0.3 is 9.84 Å². The van der Waals surface area contributed by atoms with Crippen molar-refractivity contribution in [2.45, 2.75) is 32.8 Å². The zero-order chi connectivity index (χ0) is 14.4. The lowest BCUT2D eigenvalue weighted by Gasteiger charge is -2.17. The Morgan fingerprint density at radius 1 is 1.47 bits per heavy atom. The summed E-state index contributed by atoms with van der Waals surface area (Å²) in [5.41, 5.74) is 0.558. The molecule has 0 saturated heterocycles. The van der Waals surface area contributed by atoms with Crippen molar-refractivity contribution in [1.82, 2.24) is 0 Å². The largest absolute Gasteiger partial charge is 0.489 e. The maximum Gasteiger partial charge on any atom is 0.328 e. The average Bonchev–Trinajstić information content (AvgIpc) is 2.30. The van der Waals surface area contributed by atoms with E-state index in [1.54, 1.807) is 12.1 Å². The van der Waals surface area contributed by atoms with Crippen LogP contribution in [0.15, 0.2) is 18.2 Å². The summed E-state index contributed by atoms with van der Waals surface area (Å²) >= 11 is 12.0. The number of hydrogen-bond donors (Lipinski definition) is 1. The van der Waals surface area contributed by atoms with Crippen molar-refractivity contribution in [3.8, 4) is 5.75 Å². The van der Waals surface area contributed by atoms with Gasteiger partial charge >= 0.3 is 5.97 Å². The molecule has 1 atom stereocenters. The summed E-state index contributed by atoms with van der Waals surface area (Å²) in [5, 5.41) is 9.49. The van der Waals surface area contributed by atoms with E-state index in [-0.39, 0.29) is 6.10 Å². The third kappa shape index (κ3) is 5.13. The van der Waals surface area contributed by atoms with E-state index < -0.39 is 5.97 Å². The molecule has 1 aromatic rings. The summed E-state index contributed by atoms with van der Waals surface area (Å²) < 4.78 is 5.77. The Morgan fingerprint density at radius 2 is 2.16 bits per heavy atom. The molecule has 0 spiro atoms. The molecule has 5 heteroatoms. The Labute approximate surface area is 122 Å². The van der Waals surface area contributed by atoms with E-state index in [9.17, 15) is 4.79 Å². The molecule has 3 nitrogen and oxygen atoms in total. The standard InChI is InChI=1S/C14H16Cl2O3/c1-3-4-9(2)19-14-10(5-6-13(17)18)7-11(15)8-12(14)16/h5-9H,3-4H2,1-2H3,(H,17,18)/b6-5+. The molecule has 0 aliphatic heterocycles. The minimum Gasteiger partial charge on any atom is -0.489 e. The molecule has 0 aromatic heterocycles. The smallest absolute Gasteiger partial charge is 0.328 e. The van der Waals surface area contributed by atoms with E-state index >= 15 is 0 Å². The minimum absolute atomic E-state index is 0.000605. The Morgan fingerprint density at radius 3 is 2.74 bits per heavy atom. The first-order chi connectivity index (χ1) is 8.93. The maximum atomic E-state index is 10.6. The molecule has 0 saturated carbocycles. The summed E-state index contributed by atoms with van der Waals surface area (Å²) in [7, 11) is 0. The van der Waals surface area contributed by atoms with Gasteiger partial charge in [0, 0.05) is 16.7 Å². The first-order valence-electron chi connectivity index (χ1n) is 6.00. The molecule has 0 amide bonds. The van der Waals surface area contributed by atoms with Crippen LogP contribution in [0, 0.1) is 0 Å². The Hall–Kier alpha value is -1.19. The van der Waals surface area contributed by atoms with E-state index in [0.717, 1.165) is 18.9 Å². The zero-order valence-corrected chi connectivity index (χ0v) is 12.3. The number of hydrogen-bond acceptors (Lipinski definition) is 2. The predicted octanol–water partition coefficient (Wildman–Crippen LogP) is 4.66. The number of carboxylic acid groups (broad SMARTS) is 1. The molecule has 104 valence electrons. The topological polar surface area (TPSA) is 46.5 Å². The van der Waals surface area contributed by atoms with E-state index in [4.69, 9.17) is 33.0 Å². The van der Waals surface area contributed by atoms with Gasteiger partial charge in [-0.25, -0.2) is 4.79 Å². The second-order valence-electron chi connectivity index (χ2n) is 4.19. The molecular formula is C14H16Cl2O3. The number of benzene rings is 1. The molecule has 1 N–H and O–H groups in total. The summed E-state index contributed by atoms with van der Waals surface area (Å²) in [4.78, 5) is 10.6. The first-order valence-corrected chi connectivity index (χ1v) is 6.76. The summed E-state index contributed by atoms with van der Waals surface area (Å²) in [6, 6.07) is 3.20. The van der Waals surface area contributed by atoms with Gasteiger partial charge in [0.15, 0.2) is 0 Å². The van der Waals surface area contributed by atoms with Crippen molar-refractivity contribution >= 4 is 35.2 Å². The molecule has 1 unspecified atom stereocenters. The molecule has 0 radical (unpaired) electrons. The lowest BCUT2D eigenvalue weighted by Crippen LogP contribution is -2.12. The van der Waals surface area contributed by atoms with E-state index in [1.807, 2.05) is 6.92 Å². The number of halogens is 2. The number of carbonyl (C=O) groups is 1. The van der Waals surface area contributed by atoms with E-state index in [0.29, 0.717) is 21.4 Å². The third-order valence-corrected chi connectivity index (χ3v) is 2.96. The SMILES string of the molecule is CCCC(C)Oc1c(Cl)cc(Cl)cc1/C=C/C(=O)O. The van der Waals surface area contributed by atoms with Crippen LogP contribution in [0.2, 0.25) is 10.0 Å². The number of ether oxygens (including phenoxy) is 1. The number of rotatable bonds is 6. The van der Waals surface area contributed by atoms with Crippen molar-refractivity contribution in [2.24, 2.45) is 0 Å². The lowest BCUT2D eigenvalue weighted by molar-refractivity contribution is -0.131. The highest BCUT2D eigenvalue weighted by molar-refractivity contribution is 6.35. The zero-order valence-electron chi connectivity index (χ0n) is 10.8. The van der Waals surface area contributed by atoms with Gasteiger partial charge in [-0.15, -0.1) is 0 Å². The molecule has 0 aliphatic rings. The summed E-state index contributed by atoms with van der Waals surface area (Å²) in [5.74, 6) is -0.576. The van der Waals surface area contributed by atoms with Gasteiger partial charge in [0.25, 0.3) is 0 Å². The molecule has 0 heterocycles. The summed E-state index contributed by atoms with van der Waals surface area (Å²) in [6.45, 7) is 4.01. The second-order valence-corrected chi connectivity index (χ2v) is 5.04. The minimum atomic E-state index is -1.04. The highest BCUT2D eigenvalue weighted by Gasteiger charge is 2.12. The average molecular weight is 303 g/mol. The van der Waals surface area contributed by atoms with Crippen LogP contribution in [0.1, 0.15) is 32.3 Å². The van der Waals surface area contributed by atoms with Crippen LogP contribution in [0.3, 0.4) is 0 Å². The van der Waals surface area contributed by atoms with Gasteiger partial charge in [0.1, 0.15) is 5.75 Å². The van der Waals surface area contributed by atoms with E-state index in [1.165, 1.54) is 6.08 Å². The first kappa shape index (κ1) is 15.9. The lowest BCUT2D eigenvalue weighted by atomic mass is 10.1. The molecule has 0 bridgehead atoms. The van der Waals surface area contributed by atoms with Gasteiger partial charge in [-0.05, 0) is 31.6 Å². The normalized spacial score (nSPS) is 12.6. The third-order valence-electron chi connectivity index (χ3n) is 2.46. The van der Waals surface area contributed by atoms with Crippen LogP contribution in [0.5, 0.6) is 5.75 Å². The molecule has 1 aromatic carbocycles. The number of aliphatic carboxylic acids is 1. The summed E-state index contributed by atoms with van der Waals surface area (Å²) in [6.07, 6.45) is 4.34. The van der Waals surface area contributed by atoms with Crippen LogP contribution in [0.4, 0.5) is 0 Å². The van der Waals surface area contributed by atoms with Crippen molar-refractivity contribution in [3.63, 3.8) is 0 Å². The maximum absolute atomic E-state index is 10.6. The van der Waals surface area contributed by atoms with Crippen LogP contribution in [0.25, 0.3) is 6.08 Å². The fraction of sp³-hybridized carbons (Fsp3) is 0.357. The monoisotopic (exact) mass is 302 g/mol.